The minimum absolute atomic E-state index is 0.0470. The van der Waals surface area contributed by atoms with Crippen molar-refractivity contribution in [3.63, 3.8) is 0 Å². The summed E-state index contributed by atoms with van der Waals surface area (Å²) in [5.74, 6) is 0.317. The van der Waals surface area contributed by atoms with E-state index in [0.717, 1.165) is 5.56 Å². The number of aromatic nitrogens is 3. The molecule has 1 aromatic heterocycles. The Hall–Kier alpha value is -2.70. The number of amides is 2. The third-order valence-corrected chi connectivity index (χ3v) is 2.88. The number of carbonyl (C=O) groups excluding carboxylic acids is 2. The number of benzene rings is 1. The van der Waals surface area contributed by atoms with Crippen molar-refractivity contribution in [3.05, 3.63) is 41.5 Å². The normalized spacial score (nSPS) is 12.9. The van der Waals surface area contributed by atoms with Gasteiger partial charge in [-0.15, -0.1) is 0 Å². The molecule has 1 aromatic carbocycles. The second-order valence-corrected chi connectivity index (χ2v) is 4.21. The quantitative estimate of drug-likeness (QED) is 0.732. The zero-order chi connectivity index (χ0) is 13.2. The van der Waals surface area contributed by atoms with Crippen LogP contribution < -0.4 is 10.6 Å². The largest absolute Gasteiger partial charge is 0.345 e. The Labute approximate surface area is 108 Å². The van der Waals surface area contributed by atoms with Gasteiger partial charge < -0.3 is 10.6 Å². The maximum Gasteiger partial charge on any atom is 0.251 e. The SMILES string of the molecule is O=C1Cc2ccc(C(=O)NCc3ncn[nH]3)cc2N1. The van der Waals surface area contributed by atoms with Gasteiger partial charge in [0.05, 0.1) is 13.0 Å². The number of nitrogens with zero attached hydrogens (tertiary/aromatic N) is 2. The van der Waals surface area contributed by atoms with Crippen LogP contribution in [0.15, 0.2) is 24.5 Å². The van der Waals surface area contributed by atoms with Gasteiger partial charge in [-0.1, -0.05) is 6.07 Å². The zero-order valence-electron chi connectivity index (χ0n) is 9.93. The summed E-state index contributed by atoms with van der Waals surface area (Å²) in [6.45, 7) is 0.280. The van der Waals surface area contributed by atoms with Crippen LogP contribution in [0.25, 0.3) is 0 Å². The van der Waals surface area contributed by atoms with Gasteiger partial charge >= 0.3 is 0 Å². The maximum absolute atomic E-state index is 11.9. The van der Waals surface area contributed by atoms with E-state index < -0.39 is 0 Å². The third kappa shape index (κ3) is 2.30. The van der Waals surface area contributed by atoms with Crippen LogP contribution in [-0.4, -0.2) is 27.0 Å². The summed E-state index contributed by atoms with van der Waals surface area (Å²) in [7, 11) is 0. The average molecular weight is 257 g/mol. The van der Waals surface area contributed by atoms with Gasteiger partial charge in [0, 0.05) is 11.3 Å². The molecule has 19 heavy (non-hydrogen) atoms. The number of aromatic amines is 1. The van der Waals surface area contributed by atoms with E-state index in [4.69, 9.17) is 0 Å². The number of nitrogens with one attached hydrogen (secondary N) is 3. The molecule has 2 aromatic rings. The van der Waals surface area contributed by atoms with Crippen molar-refractivity contribution in [2.24, 2.45) is 0 Å². The monoisotopic (exact) mass is 257 g/mol. The fourth-order valence-electron chi connectivity index (χ4n) is 1.94. The maximum atomic E-state index is 11.9. The van der Waals surface area contributed by atoms with E-state index >= 15 is 0 Å². The molecule has 3 N–H and O–H groups in total. The van der Waals surface area contributed by atoms with Crippen molar-refractivity contribution in [1.82, 2.24) is 20.5 Å². The van der Waals surface area contributed by atoms with Crippen LogP contribution in [0.4, 0.5) is 5.69 Å². The molecule has 1 aliphatic heterocycles. The minimum Gasteiger partial charge on any atom is -0.345 e. The van der Waals surface area contributed by atoms with E-state index in [1.807, 2.05) is 0 Å². The summed E-state index contributed by atoms with van der Waals surface area (Å²) in [6, 6.07) is 5.17. The molecule has 0 saturated carbocycles. The number of carbonyl (C=O) groups is 2. The van der Waals surface area contributed by atoms with E-state index in [1.54, 1.807) is 18.2 Å². The van der Waals surface area contributed by atoms with Crippen LogP contribution >= 0.6 is 0 Å². The first-order chi connectivity index (χ1) is 9.22. The van der Waals surface area contributed by atoms with Crippen LogP contribution in [0.1, 0.15) is 21.7 Å². The molecular formula is C12H11N5O2. The average Bonchev–Trinajstić information content (AvgIpc) is 3.02. The van der Waals surface area contributed by atoms with Crippen molar-refractivity contribution >= 4 is 17.5 Å². The predicted octanol–water partition coefficient (Wildman–Crippen LogP) is 0.229. The summed E-state index contributed by atoms with van der Waals surface area (Å²) < 4.78 is 0. The van der Waals surface area contributed by atoms with Crippen molar-refractivity contribution in [1.29, 1.82) is 0 Å². The van der Waals surface area contributed by atoms with E-state index in [0.29, 0.717) is 23.5 Å². The summed E-state index contributed by atoms with van der Waals surface area (Å²) in [5, 5.41) is 11.8. The highest BCUT2D eigenvalue weighted by Gasteiger charge is 2.18. The molecule has 7 heteroatoms. The Morgan fingerprint density at radius 2 is 2.32 bits per heavy atom. The van der Waals surface area contributed by atoms with Gasteiger partial charge in [-0.05, 0) is 17.7 Å². The fourth-order valence-corrected chi connectivity index (χ4v) is 1.94. The van der Waals surface area contributed by atoms with E-state index in [-0.39, 0.29) is 18.4 Å². The molecule has 0 atom stereocenters. The molecule has 0 bridgehead atoms. The molecular weight excluding hydrogens is 246 g/mol. The zero-order valence-corrected chi connectivity index (χ0v) is 9.93. The molecule has 2 amide bonds. The molecule has 0 fully saturated rings. The highest BCUT2D eigenvalue weighted by molar-refractivity contribution is 6.02. The number of fused-ring (bicyclic) bond motifs is 1. The molecule has 96 valence electrons. The lowest BCUT2D eigenvalue weighted by atomic mass is 10.1. The van der Waals surface area contributed by atoms with Crippen molar-refractivity contribution < 1.29 is 9.59 Å². The lowest BCUT2D eigenvalue weighted by molar-refractivity contribution is -0.115. The van der Waals surface area contributed by atoms with Crippen LogP contribution in [0, 0.1) is 0 Å². The van der Waals surface area contributed by atoms with Crippen molar-refractivity contribution in [2.45, 2.75) is 13.0 Å². The first-order valence-electron chi connectivity index (χ1n) is 5.77. The van der Waals surface area contributed by atoms with Gasteiger partial charge in [-0.2, -0.15) is 5.10 Å². The second kappa shape index (κ2) is 4.52. The highest BCUT2D eigenvalue weighted by atomic mass is 16.2. The van der Waals surface area contributed by atoms with Crippen molar-refractivity contribution in [2.75, 3.05) is 5.32 Å². The molecule has 0 radical (unpaired) electrons. The van der Waals surface area contributed by atoms with Crippen LogP contribution in [0.2, 0.25) is 0 Å². The Morgan fingerprint density at radius 3 is 3.11 bits per heavy atom. The number of H-pyrrole nitrogens is 1. The van der Waals surface area contributed by atoms with Gasteiger partial charge in [-0.3, -0.25) is 14.7 Å². The summed E-state index contributed by atoms with van der Waals surface area (Å²) in [4.78, 5) is 27.1. The Bertz CT molecular complexity index is 636. The Balaban J connectivity index is 1.70. The van der Waals surface area contributed by atoms with E-state index in [2.05, 4.69) is 25.8 Å². The predicted molar refractivity (Wildman–Crippen MR) is 66.3 cm³/mol. The lowest BCUT2D eigenvalue weighted by Gasteiger charge is -2.05. The van der Waals surface area contributed by atoms with Crippen LogP contribution in [0.3, 0.4) is 0 Å². The van der Waals surface area contributed by atoms with Gasteiger partial charge in [0.25, 0.3) is 5.91 Å². The minimum atomic E-state index is -0.222. The number of hydrogen-bond donors (Lipinski definition) is 3. The third-order valence-electron chi connectivity index (χ3n) is 2.88. The summed E-state index contributed by atoms with van der Waals surface area (Å²) >= 11 is 0. The standard InChI is InChI=1S/C12H11N5O2/c18-11-4-7-1-2-8(3-9(7)16-11)12(19)13-5-10-14-6-15-17-10/h1-3,6H,4-5H2,(H,13,19)(H,16,18)(H,14,15,17). The van der Waals surface area contributed by atoms with Gasteiger partial charge in [0.15, 0.2) is 0 Å². The van der Waals surface area contributed by atoms with Crippen molar-refractivity contribution in [3.8, 4) is 0 Å². The van der Waals surface area contributed by atoms with Crippen LogP contribution in [-0.2, 0) is 17.8 Å². The van der Waals surface area contributed by atoms with Gasteiger partial charge in [0.2, 0.25) is 5.91 Å². The fraction of sp³-hybridized carbons (Fsp3) is 0.167. The number of hydrogen-bond acceptors (Lipinski definition) is 4. The molecule has 0 saturated heterocycles. The molecule has 1 aliphatic rings. The first kappa shape index (κ1) is 11.4. The van der Waals surface area contributed by atoms with Crippen LogP contribution in [0.5, 0.6) is 0 Å². The summed E-state index contributed by atoms with van der Waals surface area (Å²) in [6.07, 6.45) is 1.75. The molecule has 2 heterocycles. The first-order valence-corrected chi connectivity index (χ1v) is 5.77. The molecule has 0 aliphatic carbocycles. The molecule has 0 unspecified atom stereocenters. The van der Waals surface area contributed by atoms with E-state index in [1.165, 1.54) is 6.33 Å². The lowest BCUT2D eigenvalue weighted by Crippen LogP contribution is -2.23. The summed E-state index contributed by atoms with van der Waals surface area (Å²) in [5.41, 5.74) is 2.12. The topological polar surface area (TPSA) is 99.8 Å². The Kier molecular flexibility index (Phi) is 2.71. The van der Waals surface area contributed by atoms with Gasteiger partial charge in [-0.25, -0.2) is 4.98 Å². The highest BCUT2D eigenvalue weighted by Crippen LogP contribution is 2.23. The van der Waals surface area contributed by atoms with Gasteiger partial charge in [0.1, 0.15) is 12.2 Å². The molecule has 0 spiro atoms. The number of anilines is 1. The number of rotatable bonds is 3. The molecule has 3 rings (SSSR count). The second-order valence-electron chi connectivity index (χ2n) is 4.21. The molecule has 7 nitrogen and oxygen atoms in total. The van der Waals surface area contributed by atoms with E-state index in [9.17, 15) is 9.59 Å². The smallest absolute Gasteiger partial charge is 0.251 e. The Morgan fingerprint density at radius 1 is 1.42 bits per heavy atom.